The van der Waals surface area contributed by atoms with Crippen molar-refractivity contribution in [2.24, 2.45) is 4.99 Å². The van der Waals surface area contributed by atoms with Gasteiger partial charge in [0, 0.05) is 10.0 Å². The van der Waals surface area contributed by atoms with E-state index in [4.69, 9.17) is 19.2 Å². The van der Waals surface area contributed by atoms with Crippen LogP contribution in [0.15, 0.2) is 109 Å². The summed E-state index contributed by atoms with van der Waals surface area (Å²) in [5.74, 6) is 0.778. The van der Waals surface area contributed by atoms with Crippen molar-refractivity contribution in [3.8, 4) is 11.5 Å². The predicted octanol–water partition coefficient (Wildman–Crippen LogP) is 7.06. The van der Waals surface area contributed by atoms with E-state index < -0.39 is 12.0 Å². The fourth-order valence-corrected chi connectivity index (χ4v) is 7.23. The third-order valence-corrected chi connectivity index (χ3v) is 9.65. The van der Waals surface area contributed by atoms with Gasteiger partial charge in [-0.2, -0.15) is 0 Å². The number of carbonyl (C=O) groups is 1. The lowest BCUT2D eigenvalue weighted by Gasteiger charge is -2.25. The Morgan fingerprint density at radius 3 is 2.51 bits per heavy atom. The smallest absolute Gasteiger partial charge is 0.338 e. The van der Waals surface area contributed by atoms with Gasteiger partial charge in [-0.15, -0.1) is 0 Å². The molecule has 10 heteroatoms. The van der Waals surface area contributed by atoms with Crippen molar-refractivity contribution in [3.05, 3.63) is 135 Å². The molecule has 1 aliphatic heterocycles. The molecule has 1 aliphatic rings. The highest BCUT2D eigenvalue weighted by Gasteiger charge is 2.33. The second kappa shape index (κ2) is 13.2. The Morgan fingerprint density at radius 2 is 1.78 bits per heavy atom. The lowest BCUT2D eigenvalue weighted by atomic mass is 9.96. The first kappa shape index (κ1) is 31.0. The van der Waals surface area contributed by atoms with Crippen LogP contribution >= 0.6 is 43.2 Å². The first-order valence-electron chi connectivity index (χ1n) is 14.2. The third-order valence-electron chi connectivity index (χ3n) is 7.52. The number of hydrogen-bond acceptors (Lipinski definition) is 7. The van der Waals surface area contributed by atoms with Crippen LogP contribution in [0, 0.1) is 0 Å². The quantitative estimate of drug-likeness (QED) is 0.159. The highest BCUT2D eigenvalue weighted by molar-refractivity contribution is 9.10. The zero-order chi connectivity index (χ0) is 31.7. The normalized spacial score (nSPS) is 14.7. The molecule has 0 fully saturated rings. The van der Waals surface area contributed by atoms with Gasteiger partial charge in [-0.1, -0.05) is 75.8 Å². The molecule has 1 atom stereocenters. The highest BCUT2D eigenvalue weighted by Crippen LogP contribution is 2.35. The molecular weight excluding hydrogens is 720 g/mol. The molecule has 0 spiro atoms. The van der Waals surface area contributed by atoms with Crippen molar-refractivity contribution < 1.29 is 19.0 Å². The summed E-state index contributed by atoms with van der Waals surface area (Å²) in [5, 5.41) is 1.98. The van der Waals surface area contributed by atoms with Gasteiger partial charge < -0.3 is 14.2 Å². The molecule has 6 rings (SSSR count). The maximum absolute atomic E-state index is 14.3. The molecule has 0 N–H and O–H groups in total. The lowest BCUT2D eigenvalue weighted by molar-refractivity contribution is -0.139. The number of thiazole rings is 1. The van der Waals surface area contributed by atoms with Crippen LogP contribution in [0.25, 0.3) is 16.8 Å². The van der Waals surface area contributed by atoms with Crippen LogP contribution in [0.5, 0.6) is 11.5 Å². The van der Waals surface area contributed by atoms with E-state index in [0.29, 0.717) is 43.2 Å². The fourth-order valence-electron chi connectivity index (χ4n) is 5.38. The summed E-state index contributed by atoms with van der Waals surface area (Å²) in [6.07, 6.45) is 1.87. The van der Waals surface area contributed by atoms with E-state index in [1.807, 2.05) is 78.9 Å². The number of ether oxygens (including phenoxy) is 3. The summed E-state index contributed by atoms with van der Waals surface area (Å²) < 4.78 is 21.0. The molecule has 2 heterocycles. The van der Waals surface area contributed by atoms with E-state index in [0.717, 1.165) is 31.9 Å². The SMILES string of the molecule is CCOC(=O)C1=C(C)N=c2s/c(=C/c3c(OCc4ccc(Br)cc4)ccc4ccccc34)c(=O)n2[C@H]1c1ccc(OC)c(Br)c1. The number of hydrogen-bond donors (Lipinski definition) is 0. The summed E-state index contributed by atoms with van der Waals surface area (Å²) in [6, 6.07) is 24.7. The second-order valence-electron chi connectivity index (χ2n) is 10.3. The second-order valence-corrected chi connectivity index (χ2v) is 13.1. The summed E-state index contributed by atoms with van der Waals surface area (Å²) >= 11 is 8.32. The van der Waals surface area contributed by atoms with Crippen molar-refractivity contribution in [2.45, 2.75) is 26.5 Å². The van der Waals surface area contributed by atoms with Gasteiger partial charge in [0.1, 0.15) is 18.1 Å². The first-order chi connectivity index (χ1) is 21.8. The van der Waals surface area contributed by atoms with Crippen molar-refractivity contribution in [2.75, 3.05) is 13.7 Å². The third kappa shape index (κ3) is 6.14. The Hall–Kier alpha value is -3.99. The maximum Gasteiger partial charge on any atom is 0.338 e. The zero-order valence-corrected chi connectivity index (χ0v) is 28.7. The van der Waals surface area contributed by atoms with E-state index in [9.17, 15) is 9.59 Å². The van der Waals surface area contributed by atoms with E-state index >= 15 is 0 Å². The fraction of sp³-hybridized carbons (Fsp3) is 0.171. The van der Waals surface area contributed by atoms with Crippen molar-refractivity contribution in [1.82, 2.24) is 4.57 Å². The van der Waals surface area contributed by atoms with Gasteiger partial charge in [0.05, 0.1) is 40.0 Å². The number of aromatic nitrogens is 1. The Kier molecular flexibility index (Phi) is 9.07. The largest absolute Gasteiger partial charge is 0.496 e. The van der Waals surface area contributed by atoms with Crippen LogP contribution in [0.4, 0.5) is 0 Å². The molecule has 5 aromatic rings. The van der Waals surface area contributed by atoms with Crippen LogP contribution < -0.4 is 24.4 Å². The van der Waals surface area contributed by atoms with Crippen LogP contribution in [0.1, 0.15) is 36.6 Å². The summed E-state index contributed by atoms with van der Waals surface area (Å²) in [5.41, 5.74) is 3.08. The summed E-state index contributed by atoms with van der Waals surface area (Å²) in [6.45, 7) is 4.08. The van der Waals surface area contributed by atoms with Crippen LogP contribution in [-0.2, 0) is 16.1 Å². The Bertz CT molecular complexity index is 2150. The lowest BCUT2D eigenvalue weighted by Crippen LogP contribution is -2.40. The van der Waals surface area contributed by atoms with E-state index in [2.05, 4.69) is 31.9 Å². The zero-order valence-electron chi connectivity index (χ0n) is 24.7. The molecule has 0 unspecified atom stereocenters. The molecule has 0 bridgehead atoms. The average Bonchev–Trinajstić information content (AvgIpc) is 3.34. The molecule has 7 nitrogen and oxygen atoms in total. The van der Waals surface area contributed by atoms with Gasteiger partial charge in [0.25, 0.3) is 5.56 Å². The Balaban J connectivity index is 1.53. The number of benzene rings is 4. The van der Waals surface area contributed by atoms with Crippen molar-refractivity contribution >= 4 is 66.0 Å². The number of esters is 1. The minimum atomic E-state index is -0.745. The minimum Gasteiger partial charge on any atom is -0.496 e. The number of halogens is 2. The highest BCUT2D eigenvalue weighted by atomic mass is 79.9. The van der Waals surface area contributed by atoms with Gasteiger partial charge in [-0.25, -0.2) is 9.79 Å². The van der Waals surface area contributed by atoms with Crippen LogP contribution in [0.2, 0.25) is 0 Å². The number of fused-ring (bicyclic) bond motifs is 2. The molecule has 0 saturated carbocycles. The Labute approximate surface area is 280 Å². The van der Waals surface area contributed by atoms with Gasteiger partial charge in [-0.3, -0.25) is 9.36 Å². The Morgan fingerprint density at radius 1 is 1.02 bits per heavy atom. The van der Waals surface area contributed by atoms with E-state index in [-0.39, 0.29) is 12.2 Å². The van der Waals surface area contributed by atoms with Crippen LogP contribution in [-0.4, -0.2) is 24.3 Å². The number of nitrogens with zero attached hydrogens (tertiary/aromatic N) is 2. The molecule has 0 aliphatic carbocycles. The maximum atomic E-state index is 14.3. The number of rotatable bonds is 8. The van der Waals surface area contributed by atoms with E-state index in [1.165, 1.54) is 11.3 Å². The van der Waals surface area contributed by atoms with Crippen LogP contribution in [0.3, 0.4) is 0 Å². The molecule has 0 amide bonds. The number of methoxy groups -OCH3 is 1. The van der Waals surface area contributed by atoms with Gasteiger partial charge in [0.15, 0.2) is 4.80 Å². The average molecular weight is 748 g/mol. The standard InChI is InChI=1S/C35H28Br2N2O5S/c1-4-43-34(41)31-20(2)38-35-39(32(31)23-12-16-29(42-3)27(37)17-23)33(40)30(45-35)18-26-25-8-6-5-7-22(25)11-15-28(26)44-19-21-9-13-24(36)14-10-21/h5-18,32H,4,19H2,1-3H3/b30-18+/t32-/m0/s1. The first-order valence-corrected chi connectivity index (χ1v) is 16.6. The molecule has 4 aromatic carbocycles. The molecular formula is C35H28Br2N2O5S. The number of allylic oxidation sites excluding steroid dienone is 1. The number of carbonyl (C=O) groups excluding carboxylic acids is 1. The molecule has 0 radical (unpaired) electrons. The molecule has 45 heavy (non-hydrogen) atoms. The molecule has 228 valence electrons. The molecule has 1 aromatic heterocycles. The van der Waals surface area contributed by atoms with Gasteiger partial charge in [0.2, 0.25) is 0 Å². The van der Waals surface area contributed by atoms with E-state index in [1.54, 1.807) is 31.6 Å². The van der Waals surface area contributed by atoms with Gasteiger partial charge >= 0.3 is 5.97 Å². The minimum absolute atomic E-state index is 0.198. The van der Waals surface area contributed by atoms with Crippen molar-refractivity contribution in [3.63, 3.8) is 0 Å². The topological polar surface area (TPSA) is 79.1 Å². The molecule has 0 saturated heterocycles. The van der Waals surface area contributed by atoms with Gasteiger partial charge in [-0.05, 0) is 88.1 Å². The monoisotopic (exact) mass is 746 g/mol. The van der Waals surface area contributed by atoms with Crippen molar-refractivity contribution in [1.29, 1.82) is 0 Å². The predicted molar refractivity (Wildman–Crippen MR) is 184 cm³/mol. The summed E-state index contributed by atoms with van der Waals surface area (Å²) in [4.78, 5) is 32.8. The summed E-state index contributed by atoms with van der Waals surface area (Å²) in [7, 11) is 1.58.